The third-order valence-corrected chi connectivity index (χ3v) is 5.19. The van der Waals surface area contributed by atoms with Crippen molar-refractivity contribution in [3.8, 4) is 11.5 Å². The molecule has 7 nitrogen and oxygen atoms in total. The molecule has 1 saturated carbocycles. The van der Waals surface area contributed by atoms with Crippen LogP contribution in [0.15, 0.2) is 29.5 Å². The van der Waals surface area contributed by atoms with Crippen molar-refractivity contribution in [2.75, 3.05) is 7.11 Å². The van der Waals surface area contributed by atoms with E-state index in [1.54, 1.807) is 19.1 Å². The van der Waals surface area contributed by atoms with Gasteiger partial charge in [-0.2, -0.15) is 0 Å². The molecular formula is C20H26N2O5. The summed E-state index contributed by atoms with van der Waals surface area (Å²) >= 11 is 0. The number of phenols is 1. The number of methoxy groups -OCH3 is 1. The maximum absolute atomic E-state index is 12.9. The van der Waals surface area contributed by atoms with Gasteiger partial charge in [0.1, 0.15) is 6.10 Å². The van der Waals surface area contributed by atoms with Gasteiger partial charge in [0.05, 0.1) is 18.7 Å². The Hall–Kier alpha value is -2.70. The number of urea groups is 1. The summed E-state index contributed by atoms with van der Waals surface area (Å²) in [6, 6.07) is 3.66. The second kappa shape index (κ2) is 7.90. The van der Waals surface area contributed by atoms with Crippen LogP contribution < -0.4 is 15.4 Å². The van der Waals surface area contributed by atoms with Crippen LogP contribution >= 0.6 is 0 Å². The number of hydrogen-bond acceptors (Lipinski definition) is 5. The Bertz CT molecular complexity index is 774. The SMILES string of the molecule is COc1cc([C@H]2NC(=O)NC(C)=C2C(=O)O[C@@H]2CCC[C@H](C)C2)ccc1O. The molecule has 0 bridgehead atoms. The lowest BCUT2D eigenvalue weighted by molar-refractivity contribution is -0.146. The molecule has 3 atom stereocenters. The normalized spacial score (nSPS) is 25.4. The molecule has 3 rings (SSSR count). The Morgan fingerprint density at radius 2 is 2.07 bits per heavy atom. The summed E-state index contributed by atoms with van der Waals surface area (Å²) in [7, 11) is 1.44. The monoisotopic (exact) mass is 374 g/mol. The Balaban J connectivity index is 1.88. The first kappa shape index (κ1) is 19.1. The quantitative estimate of drug-likeness (QED) is 0.704. The van der Waals surface area contributed by atoms with Crippen LogP contribution in [-0.4, -0.2) is 30.3 Å². The highest BCUT2D eigenvalue weighted by molar-refractivity contribution is 5.95. The number of allylic oxidation sites excluding steroid dienone is 1. The van der Waals surface area contributed by atoms with Gasteiger partial charge in [0.2, 0.25) is 0 Å². The van der Waals surface area contributed by atoms with Crippen molar-refractivity contribution in [1.82, 2.24) is 10.6 Å². The van der Waals surface area contributed by atoms with Crippen LogP contribution in [-0.2, 0) is 9.53 Å². The second-order valence-electron chi connectivity index (χ2n) is 7.30. The van der Waals surface area contributed by atoms with Crippen molar-refractivity contribution in [1.29, 1.82) is 0 Å². The van der Waals surface area contributed by atoms with E-state index in [9.17, 15) is 14.7 Å². The first-order chi connectivity index (χ1) is 12.9. The van der Waals surface area contributed by atoms with Gasteiger partial charge in [0.15, 0.2) is 11.5 Å². The van der Waals surface area contributed by atoms with Crippen LogP contribution in [0, 0.1) is 5.92 Å². The number of rotatable bonds is 4. The number of esters is 1. The predicted octanol–water partition coefficient (Wildman–Crippen LogP) is 3.15. The Labute approximate surface area is 158 Å². The van der Waals surface area contributed by atoms with Gasteiger partial charge in [-0.1, -0.05) is 19.4 Å². The highest BCUT2D eigenvalue weighted by Gasteiger charge is 2.34. The number of benzene rings is 1. The fraction of sp³-hybridized carbons (Fsp3) is 0.500. The number of carbonyl (C=O) groups excluding carboxylic acids is 2. The maximum atomic E-state index is 12.9. The van der Waals surface area contributed by atoms with Crippen molar-refractivity contribution in [3.63, 3.8) is 0 Å². The number of hydrogen-bond donors (Lipinski definition) is 3. The first-order valence-corrected chi connectivity index (χ1v) is 9.25. The Kier molecular flexibility index (Phi) is 5.58. The lowest BCUT2D eigenvalue weighted by Crippen LogP contribution is -2.45. The number of carbonyl (C=O) groups is 2. The van der Waals surface area contributed by atoms with Gasteiger partial charge in [-0.3, -0.25) is 0 Å². The van der Waals surface area contributed by atoms with E-state index in [1.807, 2.05) is 0 Å². The molecule has 1 aliphatic heterocycles. The van der Waals surface area contributed by atoms with Crippen LogP contribution in [0.25, 0.3) is 0 Å². The fourth-order valence-corrected chi connectivity index (χ4v) is 3.79. The average molecular weight is 374 g/mol. The molecular weight excluding hydrogens is 348 g/mol. The second-order valence-corrected chi connectivity index (χ2v) is 7.30. The first-order valence-electron chi connectivity index (χ1n) is 9.25. The van der Waals surface area contributed by atoms with E-state index in [2.05, 4.69) is 17.6 Å². The Morgan fingerprint density at radius 3 is 2.78 bits per heavy atom. The van der Waals surface area contributed by atoms with Gasteiger partial charge in [-0.05, 0) is 49.8 Å². The lowest BCUT2D eigenvalue weighted by Gasteiger charge is -2.31. The molecule has 1 heterocycles. The summed E-state index contributed by atoms with van der Waals surface area (Å²) in [4.78, 5) is 24.9. The molecule has 0 aromatic heterocycles. The van der Waals surface area contributed by atoms with Crippen molar-refractivity contribution >= 4 is 12.0 Å². The predicted molar refractivity (Wildman–Crippen MR) is 99.3 cm³/mol. The average Bonchev–Trinajstić information content (AvgIpc) is 2.61. The van der Waals surface area contributed by atoms with Crippen LogP contribution in [0.4, 0.5) is 4.79 Å². The molecule has 0 unspecified atom stereocenters. The van der Waals surface area contributed by atoms with E-state index in [-0.39, 0.29) is 17.6 Å². The molecule has 2 aliphatic rings. The van der Waals surface area contributed by atoms with E-state index >= 15 is 0 Å². The molecule has 3 N–H and O–H groups in total. The summed E-state index contributed by atoms with van der Waals surface area (Å²) in [5.74, 6) is 0.360. The summed E-state index contributed by atoms with van der Waals surface area (Å²) in [6.45, 7) is 3.85. The van der Waals surface area contributed by atoms with Gasteiger partial charge >= 0.3 is 12.0 Å². The number of aromatic hydroxyl groups is 1. The smallest absolute Gasteiger partial charge is 0.338 e. The van der Waals surface area contributed by atoms with Crippen LogP contribution in [0.1, 0.15) is 51.1 Å². The molecule has 2 amide bonds. The number of nitrogens with one attached hydrogen (secondary N) is 2. The summed E-state index contributed by atoms with van der Waals surface area (Å²) in [5.41, 5.74) is 1.45. The summed E-state index contributed by atoms with van der Waals surface area (Å²) in [6.07, 6.45) is 3.82. The number of phenolic OH excluding ortho intramolecular Hbond substituents is 1. The van der Waals surface area contributed by atoms with E-state index in [0.717, 1.165) is 25.7 Å². The van der Waals surface area contributed by atoms with Gasteiger partial charge in [-0.25, -0.2) is 9.59 Å². The van der Waals surface area contributed by atoms with Crippen molar-refractivity contribution < 1.29 is 24.2 Å². The lowest BCUT2D eigenvalue weighted by atomic mass is 9.88. The van der Waals surface area contributed by atoms with E-state index in [0.29, 0.717) is 22.8 Å². The zero-order valence-corrected chi connectivity index (χ0v) is 15.9. The summed E-state index contributed by atoms with van der Waals surface area (Å²) < 4.78 is 10.9. The molecule has 0 spiro atoms. The number of amides is 2. The van der Waals surface area contributed by atoms with Crippen molar-refractivity contribution in [2.45, 2.75) is 51.7 Å². The minimum atomic E-state index is -0.679. The van der Waals surface area contributed by atoms with E-state index in [1.165, 1.54) is 13.2 Å². The molecule has 1 aromatic carbocycles. The number of ether oxygens (including phenoxy) is 2. The molecule has 0 radical (unpaired) electrons. The van der Waals surface area contributed by atoms with Crippen molar-refractivity contribution in [3.05, 3.63) is 35.0 Å². The molecule has 146 valence electrons. The highest BCUT2D eigenvalue weighted by Crippen LogP contribution is 2.34. The van der Waals surface area contributed by atoms with Crippen LogP contribution in [0.2, 0.25) is 0 Å². The molecule has 1 aliphatic carbocycles. The Morgan fingerprint density at radius 1 is 1.30 bits per heavy atom. The minimum Gasteiger partial charge on any atom is -0.504 e. The molecule has 1 fully saturated rings. The van der Waals surface area contributed by atoms with Gasteiger partial charge in [-0.15, -0.1) is 0 Å². The van der Waals surface area contributed by atoms with Crippen molar-refractivity contribution in [2.24, 2.45) is 5.92 Å². The zero-order valence-electron chi connectivity index (χ0n) is 15.9. The molecule has 1 aromatic rings. The van der Waals surface area contributed by atoms with Gasteiger partial charge < -0.3 is 25.2 Å². The largest absolute Gasteiger partial charge is 0.504 e. The maximum Gasteiger partial charge on any atom is 0.338 e. The highest BCUT2D eigenvalue weighted by atomic mass is 16.5. The van der Waals surface area contributed by atoms with Gasteiger partial charge in [0.25, 0.3) is 0 Å². The fourth-order valence-electron chi connectivity index (χ4n) is 3.79. The summed E-state index contributed by atoms with van der Waals surface area (Å²) in [5, 5.41) is 15.2. The van der Waals surface area contributed by atoms with Gasteiger partial charge in [0, 0.05) is 5.70 Å². The molecule has 0 saturated heterocycles. The standard InChI is InChI=1S/C20H26N2O5/c1-11-5-4-6-14(9-11)27-19(24)17-12(2)21-20(25)22-18(17)13-7-8-15(23)16(10-13)26-3/h7-8,10-11,14,18,23H,4-6,9H2,1-3H3,(H2,21,22,25)/t11-,14+,18+/m0/s1. The third-order valence-electron chi connectivity index (χ3n) is 5.19. The van der Waals surface area contributed by atoms with Crippen LogP contribution in [0.5, 0.6) is 11.5 Å². The van der Waals surface area contributed by atoms with E-state index < -0.39 is 18.0 Å². The molecule has 7 heteroatoms. The topological polar surface area (TPSA) is 96.9 Å². The minimum absolute atomic E-state index is 0.0115. The third kappa shape index (κ3) is 4.18. The zero-order chi connectivity index (χ0) is 19.6. The molecule has 27 heavy (non-hydrogen) atoms. The van der Waals surface area contributed by atoms with E-state index in [4.69, 9.17) is 9.47 Å². The van der Waals surface area contributed by atoms with Crippen LogP contribution in [0.3, 0.4) is 0 Å².